The Kier molecular flexibility index (Phi) is 2.50. The minimum atomic E-state index is -0.773. The fourth-order valence-electron chi connectivity index (χ4n) is 5.99. The van der Waals surface area contributed by atoms with Gasteiger partial charge in [-0.25, -0.2) is 0 Å². The summed E-state index contributed by atoms with van der Waals surface area (Å²) in [5, 5.41) is 3.35. The van der Waals surface area contributed by atoms with Crippen molar-refractivity contribution in [2.45, 2.75) is 77.3 Å². The number of nitrogens with one attached hydrogen (secondary N) is 1. The van der Waals surface area contributed by atoms with Crippen molar-refractivity contribution in [3.8, 4) is 0 Å². The number of rotatable bonds is 2. The van der Waals surface area contributed by atoms with Crippen LogP contribution in [0.5, 0.6) is 0 Å². The second-order valence-electron chi connectivity index (χ2n) is 9.09. The summed E-state index contributed by atoms with van der Waals surface area (Å²) in [6.45, 7) is 8.44. The molecule has 2 atom stereocenters. The van der Waals surface area contributed by atoms with Gasteiger partial charge in [-0.2, -0.15) is 0 Å². The van der Waals surface area contributed by atoms with Gasteiger partial charge < -0.3 is 11.1 Å². The fourth-order valence-corrected chi connectivity index (χ4v) is 5.99. The summed E-state index contributed by atoms with van der Waals surface area (Å²) in [5.74, 6) is 0.814. The first-order valence-electron chi connectivity index (χ1n) is 7.65. The van der Waals surface area contributed by atoms with Crippen molar-refractivity contribution in [3.05, 3.63) is 0 Å². The zero-order valence-corrected chi connectivity index (χ0v) is 12.8. The minimum Gasteiger partial charge on any atom is -0.349 e. The molecular formula is C16H28N2O. The summed E-state index contributed by atoms with van der Waals surface area (Å²) >= 11 is 0. The van der Waals surface area contributed by atoms with E-state index >= 15 is 0 Å². The lowest BCUT2D eigenvalue weighted by atomic mass is 9.42. The Morgan fingerprint density at radius 2 is 1.63 bits per heavy atom. The van der Waals surface area contributed by atoms with Crippen molar-refractivity contribution in [3.63, 3.8) is 0 Å². The third-order valence-corrected chi connectivity index (χ3v) is 5.59. The maximum absolute atomic E-state index is 12.3. The van der Waals surface area contributed by atoms with Crippen molar-refractivity contribution in [2.75, 3.05) is 0 Å². The van der Waals surface area contributed by atoms with Gasteiger partial charge in [0.2, 0.25) is 5.91 Å². The van der Waals surface area contributed by atoms with E-state index in [-0.39, 0.29) is 11.4 Å². The minimum absolute atomic E-state index is 0.0154. The number of hydrogen-bond acceptors (Lipinski definition) is 2. The van der Waals surface area contributed by atoms with Crippen LogP contribution in [-0.4, -0.2) is 17.0 Å². The van der Waals surface area contributed by atoms with Gasteiger partial charge in [0.05, 0.1) is 5.54 Å². The van der Waals surface area contributed by atoms with Gasteiger partial charge in [-0.1, -0.05) is 13.8 Å². The second-order valence-corrected chi connectivity index (χ2v) is 9.09. The third kappa shape index (κ3) is 2.20. The van der Waals surface area contributed by atoms with E-state index in [0.717, 1.165) is 18.8 Å². The molecule has 0 radical (unpaired) electrons. The molecule has 3 nitrogen and oxygen atoms in total. The van der Waals surface area contributed by atoms with Gasteiger partial charge in [-0.15, -0.1) is 0 Å². The van der Waals surface area contributed by atoms with Gasteiger partial charge in [0, 0.05) is 5.54 Å². The van der Waals surface area contributed by atoms with E-state index in [2.05, 4.69) is 19.2 Å². The van der Waals surface area contributed by atoms with Crippen molar-refractivity contribution in [1.82, 2.24) is 5.32 Å². The predicted molar refractivity (Wildman–Crippen MR) is 76.5 cm³/mol. The summed E-state index contributed by atoms with van der Waals surface area (Å²) in [6, 6.07) is 0. The molecule has 108 valence electrons. The van der Waals surface area contributed by atoms with Crippen molar-refractivity contribution < 1.29 is 4.79 Å². The van der Waals surface area contributed by atoms with Crippen LogP contribution in [0, 0.1) is 16.7 Å². The van der Waals surface area contributed by atoms with E-state index in [9.17, 15) is 4.79 Å². The van der Waals surface area contributed by atoms with Crippen LogP contribution in [0.3, 0.4) is 0 Å². The molecule has 4 aliphatic carbocycles. The molecule has 3 heteroatoms. The average molecular weight is 264 g/mol. The quantitative estimate of drug-likeness (QED) is 0.805. The van der Waals surface area contributed by atoms with E-state index in [1.807, 2.05) is 0 Å². The van der Waals surface area contributed by atoms with Crippen molar-refractivity contribution in [1.29, 1.82) is 0 Å². The van der Waals surface area contributed by atoms with Crippen molar-refractivity contribution >= 4 is 5.91 Å². The van der Waals surface area contributed by atoms with Crippen LogP contribution in [0.1, 0.15) is 66.2 Å². The highest BCUT2D eigenvalue weighted by Gasteiger charge is 2.60. The predicted octanol–water partition coefficient (Wildman–Crippen LogP) is 2.59. The highest BCUT2D eigenvalue weighted by atomic mass is 16.2. The number of carbonyl (C=O) groups excluding carboxylic acids is 1. The van der Waals surface area contributed by atoms with Gasteiger partial charge in [-0.05, 0) is 69.1 Å². The van der Waals surface area contributed by atoms with Crippen LogP contribution in [-0.2, 0) is 4.79 Å². The van der Waals surface area contributed by atoms with Crippen LogP contribution in [0.4, 0.5) is 0 Å². The topological polar surface area (TPSA) is 55.1 Å². The molecule has 3 N–H and O–H groups in total. The zero-order valence-electron chi connectivity index (χ0n) is 12.8. The molecule has 0 heterocycles. The standard InChI is InChI=1S/C16H28N2O/c1-13(2,17)12(19)18-16-7-11-5-14(3,9-16)8-15(4,6-11)10-16/h11H,5-10,17H2,1-4H3,(H,18,19). The largest absolute Gasteiger partial charge is 0.349 e. The maximum Gasteiger partial charge on any atom is 0.239 e. The van der Waals surface area contributed by atoms with Crippen LogP contribution < -0.4 is 11.1 Å². The van der Waals surface area contributed by atoms with Gasteiger partial charge in [-0.3, -0.25) is 4.79 Å². The lowest BCUT2D eigenvalue weighted by Gasteiger charge is -2.65. The first-order valence-corrected chi connectivity index (χ1v) is 7.65. The smallest absolute Gasteiger partial charge is 0.239 e. The zero-order chi connectivity index (χ0) is 14.1. The molecule has 19 heavy (non-hydrogen) atoms. The molecular weight excluding hydrogens is 236 g/mol. The number of carbonyl (C=O) groups is 1. The Morgan fingerprint density at radius 1 is 1.11 bits per heavy atom. The number of hydrogen-bond donors (Lipinski definition) is 2. The number of nitrogens with two attached hydrogens (primary N) is 1. The van der Waals surface area contributed by atoms with E-state index in [1.165, 1.54) is 25.7 Å². The second kappa shape index (κ2) is 3.55. The first kappa shape index (κ1) is 13.4. The summed E-state index contributed by atoms with van der Waals surface area (Å²) < 4.78 is 0. The molecule has 0 spiro atoms. The van der Waals surface area contributed by atoms with Crippen LogP contribution in [0.25, 0.3) is 0 Å². The summed E-state index contributed by atoms with van der Waals surface area (Å²) in [6.07, 6.45) is 7.50. The SMILES string of the molecule is CC12CC3CC(C)(C1)CC(NC(=O)C(C)(C)N)(C3)C2. The molecule has 4 bridgehead atoms. The first-order chi connectivity index (χ1) is 8.53. The molecule has 2 unspecified atom stereocenters. The van der Waals surface area contributed by atoms with E-state index in [1.54, 1.807) is 13.8 Å². The van der Waals surface area contributed by atoms with Crippen LogP contribution >= 0.6 is 0 Å². The number of amides is 1. The van der Waals surface area contributed by atoms with E-state index < -0.39 is 5.54 Å². The summed E-state index contributed by atoms with van der Waals surface area (Å²) in [5.41, 5.74) is 6.08. The molecule has 1 amide bonds. The van der Waals surface area contributed by atoms with Gasteiger partial charge >= 0.3 is 0 Å². The average Bonchev–Trinajstić information content (AvgIpc) is 2.07. The monoisotopic (exact) mass is 264 g/mol. The molecule has 4 aliphatic rings. The summed E-state index contributed by atoms with van der Waals surface area (Å²) in [4.78, 5) is 12.3. The molecule has 0 aromatic carbocycles. The van der Waals surface area contributed by atoms with Gasteiger partial charge in [0.25, 0.3) is 0 Å². The van der Waals surface area contributed by atoms with E-state index in [4.69, 9.17) is 5.73 Å². The molecule has 0 aliphatic heterocycles. The molecule has 0 aromatic heterocycles. The molecule has 4 rings (SSSR count). The Bertz CT molecular complexity index is 405. The van der Waals surface area contributed by atoms with Crippen LogP contribution in [0.15, 0.2) is 0 Å². The van der Waals surface area contributed by atoms with Crippen molar-refractivity contribution in [2.24, 2.45) is 22.5 Å². The molecule has 0 aromatic rings. The Morgan fingerprint density at radius 3 is 2.05 bits per heavy atom. The Labute approximate surface area is 116 Å². The van der Waals surface area contributed by atoms with E-state index in [0.29, 0.717) is 10.8 Å². The highest BCUT2D eigenvalue weighted by Crippen LogP contribution is 2.66. The third-order valence-electron chi connectivity index (χ3n) is 5.59. The van der Waals surface area contributed by atoms with Gasteiger partial charge in [0.15, 0.2) is 0 Å². The highest BCUT2D eigenvalue weighted by molar-refractivity contribution is 5.85. The molecule has 0 saturated heterocycles. The molecule has 4 fully saturated rings. The Balaban J connectivity index is 1.87. The molecule has 4 saturated carbocycles. The maximum atomic E-state index is 12.3. The lowest BCUT2D eigenvalue weighted by Crippen LogP contribution is -2.67. The Hall–Kier alpha value is -0.570. The fraction of sp³-hybridized carbons (Fsp3) is 0.938. The van der Waals surface area contributed by atoms with Gasteiger partial charge in [0.1, 0.15) is 0 Å². The lowest BCUT2D eigenvalue weighted by molar-refractivity contribution is -0.142. The summed E-state index contributed by atoms with van der Waals surface area (Å²) in [7, 11) is 0. The normalized spacial score (nSPS) is 48.4. The van der Waals surface area contributed by atoms with Crippen LogP contribution in [0.2, 0.25) is 0 Å².